The van der Waals surface area contributed by atoms with Crippen LogP contribution in [0.1, 0.15) is 6.92 Å². The van der Waals surface area contributed by atoms with Crippen molar-refractivity contribution in [2.45, 2.75) is 6.92 Å². The van der Waals surface area contributed by atoms with Gasteiger partial charge in [0.15, 0.2) is 0 Å². The van der Waals surface area contributed by atoms with Gasteiger partial charge >= 0.3 is 0 Å². The molecule has 2 heteroatoms. The number of hydrogen-bond donors (Lipinski definition) is 0. The summed E-state index contributed by atoms with van der Waals surface area (Å²) in [6.45, 7) is 2.54. The summed E-state index contributed by atoms with van der Waals surface area (Å²) in [5.41, 5.74) is 5.33. The Labute approximate surface area is 165 Å². The second-order valence-electron chi connectivity index (χ2n) is 6.48. The van der Waals surface area contributed by atoms with E-state index in [1.165, 1.54) is 6.07 Å². The second-order valence-corrected chi connectivity index (χ2v) is 6.48. The standard InChI is InChI=1S/C26H20FO/c1-2-28-23-17-15-22(16-18-23)26-24(9-6-10-25(26)27)21-13-11-20(12-14-21)19-7-4-3-5-8-19/h3-8,10-18H,2H2,1H3. The zero-order valence-corrected chi connectivity index (χ0v) is 15.7. The van der Waals surface area contributed by atoms with Gasteiger partial charge in [-0.25, -0.2) is 4.39 Å². The summed E-state index contributed by atoms with van der Waals surface area (Å²) in [5, 5.41) is 0. The highest BCUT2D eigenvalue weighted by Crippen LogP contribution is 2.35. The average molecular weight is 367 g/mol. The molecule has 4 aromatic rings. The Morgan fingerprint density at radius 1 is 0.714 bits per heavy atom. The van der Waals surface area contributed by atoms with Gasteiger partial charge in [0.2, 0.25) is 0 Å². The van der Waals surface area contributed by atoms with E-state index in [-0.39, 0.29) is 5.82 Å². The van der Waals surface area contributed by atoms with E-state index >= 15 is 0 Å². The monoisotopic (exact) mass is 367 g/mol. The predicted octanol–water partition coefficient (Wildman–Crippen LogP) is 7.03. The normalized spacial score (nSPS) is 10.6. The molecule has 0 aliphatic carbocycles. The van der Waals surface area contributed by atoms with Gasteiger partial charge in [0.25, 0.3) is 0 Å². The van der Waals surface area contributed by atoms with E-state index in [2.05, 4.69) is 30.3 Å². The van der Waals surface area contributed by atoms with Crippen LogP contribution in [0, 0.1) is 11.9 Å². The fourth-order valence-electron chi connectivity index (χ4n) is 3.33. The first-order chi connectivity index (χ1) is 13.8. The van der Waals surface area contributed by atoms with Gasteiger partial charge in [-0.2, -0.15) is 0 Å². The lowest BCUT2D eigenvalue weighted by Gasteiger charge is -2.12. The number of halogens is 1. The maximum Gasteiger partial charge on any atom is 0.131 e. The quantitative estimate of drug-likeness (QED) is 0.368. The van der Waals surface area contributed by atoms with E-state index in [0.29, 0.717) is 12.2 Å². The van der Waals surface area contributed by atoms with E-state index in [0.717, 1.165) is 33.6 Å². The molecular weight excluding hydrogens is 347 g/mol. The Kier molecular flexibility index (Phi) is 5.20. The van der Waals surface area contributed by atoms with E-state index in [4.69, 9.17) is 4.74 Å². The highest BCUT2D eigenvalue weighted by Gasteiger charge is 2.13. The Hall–Kier alpha value is -3.39. The molecule has 0 aromatic heterocycles. The molecule has 0 N–H and O–H groups in total. The lowest BCUT2D eigenvalue weighted by Crippen LogP contribution is -1.93. The molecular formula is C26H20FO. The van der Waals surface area contributed by atoms with Gasteiger partial charge in [-0.05, 0) is 53.4 Å². The third-order valence-electron chi connectivity index (χ3n) is 4.68. The Balaban J connectivity index is 1.73. The molecule has 0 saturated carbocycles. The molecule has 0 unspecified atom stereocenters. The van der Waals surface area contributed by atoms with Crippen LogP contribution in [0.3, 0.4) is 0 Å². The van der Waals surface area contributed by atoms with E-state index < -0.39 is 0 Å². The number of rotatable bonds is 5. The molecule has 0 bridgehead atoms. The summed E-state index contributed by atoms with van der Waals surface area (Å²) in [7, 11) is 0. The van der Waals surface area contributed by atoms with E-state index in [9.17, 15) is 4.39 Å². The van der Waals surface area contributed by atoms with Gasteiger partial charge in [-0.3, -0.25) is 0 Å². The van der Waals surface area contributed by atoms with Gasteiger partial charge in [0, 0.05) is 11.1 Å². The minimum atomic E-state index is -0.259. The molecule has 0 aliphatic rings. The first-order valence-corrected chi connectivity index (χ1v) is 9.35. The van der Waals surface area contributed by atoms with Crippen molar-refractivity contribution in [2.24, 2.45) is 0 Å². The number of ether oxygens (including phenoxy) is 1. The molecule has 0 fully saturated rings. The zero-order chi connectivity index (χ0) is 19.3. The van der Waals surface area contributed by atoms with Gasteiger partial charge in [0.05, 0.1) is 6.61 Å². The van der Waals surface area contributed by atoms with Crippen LogP contribution >= 0.6 is 0 Å². The van der Waals surface area contributed by atoms with Crippen molar-refractivity contribution in [1.82, 2.24) is 0 Å². The largest absolute Gasteiger partial charge is 0.494 e. The van der Waals surface area contributed by atoms with Crippen LogP contribution in [-0.2, 0) is 0 Å². The van der Waals surface area contributed by atoms with Crippen LogP contribution in [0.25, 0.3) is 33.4 Å². The Morgan fingerprint density at radius 3 is 2.00 bits per heavy atom. The third kappa shape index (κ3) is 3.67. The Bertz CT molecular complexity index is 1050. The highest BCUT2D eigenvalue weighted by atomic mass is 19.1. The lowest BCUT2D eigenvalue weighted by molar-refractivity contribution is 0.340. The lowest BCUT2D eigenvalue weighted by atomic mass is 9.93. The van der Waals surface area contributed by atoms with Crippen molar-refractivity contribution in [1.29, 1.82) is 0 Å². The first kappa shape index (κ1) is 18.0. The summed E-state index contributed by atoms with van der Waals surface area (Å²) in [5.74, 6) is 0.519. The van der Waals surface area contributed by atoms with Crippen molar-refractivity contribution < 1.29 is 9.13 Å². The molecule has 28 heavy (non-hydrogen) atoms. The van der Waals surface area contributed by atoms with Gasteiger partial charge in [0.1, 0.15) is 11.6 Å². The van der Waals surface area contributed by atoms with Crippen LogP contribution in [0.5, 0.6) is 5.75 Å². The minimum absolute atomic E-state index is 0.259. The van der Waals surface area contributed by atoms with Crippen LogP contribution in [0.2, 0.25) is 0 Å². The molecule has 0 atom stereocenters. The smallest absolute Gasteiger partial charge is 0.131 e. The third-order valence-corrected chi connectivity index (χ3v) is 4.68. The summed E-state index contributed by atoms with van der Waals surface area (Å²) in [4.78, 5) is 0. The molecule has 0 aliphatic heterocycles. The topological polar surface area (TPSA) is 9.23 Å². The maximum absolute atomic E-state index is 14.8. The molecule has 0 amide bonds. The molecule has 137 valence electrons. The van der Waals surface area contributed by atoms with Gasteiger partial charge in [-0.15, -0.1) is 0 Å². The van der Waals surface area contributed by atoms with E-state index in [1.807, 2.05) is 61.5 Å². The van der Waals surface area contributed by atoms with E-state index in [1.54, 1.807) is 6.07 Å². The van der Waals surface area contributed by atoms with Gasteiger partial charge < -0.3 is 4.74 Å². The number of hydrogen-bond acceptors (Lipinski definition) is 1. The SMILES string of the molecule is CCOc1ccc(-c2c(-c3ccc(-c4ccccc4)cc3)[c]ccc2F)cc1. The van der Waals surface area contributed by atoms with Crippen molar-refractivity contribution in [3.05, 3.63) is 103 Å². The maximum atomic E-state index is 14.8. The second kappa shape index (κ2) is 8.10. The van der Waals surface area contributed by atoms with Crippen LogP contribution in [-0.4, -0.2) is 6.61 Å². The molecule has 4 aromatic carbocycles. The zero-order valence-electron chi connectivity index (χ0n) is 15.7. The van der Waals surface area contributed by atoms with Crippen LogP contribution in [0.15, 0.2) is 91.0 Å². The fraction of sp³-hybridized carbons (Fsp3) is 0.0769. The molecule has 1 radical (unpaired) electrons. The molecule has 0 heterocycles. The molecule has 0 spiro atoms. The van der Waals surface area contributed by atoms with Crippen molar-refractivity contribution in [3.63, 3.8) is 0 Å². The molecule has 1 nitrogen and oxygen atoms in total. The summed E-state index contributed by atoms with van der Waals surface area (Å²) < 4.78 is 20.3. The predicted molar refractivity (Wildman–Crippen MR) is 113 cm³/mol. The van der Waals surface area contributed by atoms with Crippen LogP contribution < -0.4 is 4.74 Å². The fourth-order valence-corrected chi connectivity index (χ4v) is 3.33. The minimum Gasteiger partial charge on any atom is -0.494 e. The Morgan fingerprint density at radius 2 is 1.32 bits per heavy atom. The number of benzene rings is 4. The summed E-state index contributed by atoms with van der Waals surface area (Å²) in [6.07, 6.45) is 0. The molecule has 4 rings (SSSR count). The van der Waals surface area contributed by atoms with Crippen molar-refractivity contribution >= 4 is 0 Å². The van der Waals surface area contributed by atoms with Crippen molar-refractivity contribution in [2.75, 3.05) is 6.61 Å². The average Bonchev–Trinajstić information content (AvgIpc) is 2.75. The summed E-state index contributed by atoms with van der Waals surface area (Å²) >= 11 is 0. The van der Waals surface area contributed by atoms with Crippen LogP contribution in [0.4, 0.5) is 4.39 Å². The van der Waals surface area contributed by atoms with Gasteiger partial charge in [-0.1, -0.05) is 72.8 Å². The first-order valence-electron chi connectivity index (χ1n) is 9.35. The highest BCUT2D eigenvalue weighted by molar-refractivity contribution is 5.84. The molecule has 0 saturated heterocycles. The summed E-state index contributed by atoms with van der Waals surface area (Å²) in [6, 6.07) is 32.2. The van der Waals surface area contributed by atoms with Crippen molar-refractivity contribution in [3.8, 4) is 39.1 Å².